The molecule has 5 nitrogen and oxygen atoms in total. The van der Waals surface area contributed by atoms with E-state index in [1.807, 2.05) is 13.0 Å². The van der Waals surface area contributed by atoms with Crippen LogP contribution in [0.3, 0.4) is 0 Å². The molecule has 3 N–H and O–H groups in total. The molecular formula is C15H14N4O. The van der Waals surface area contributed by atoms with E-state index in [0.29, 0.717) is 16.8 Å². The van der Waals surface area contributed by atoms with Gasteiger partial charge in [-0.2, -0.15) is 0 Å². The van der Waals surface area contributed by atoms with Gasteiger partial charge in [-0.1, -0.05) is 11.8 Å². The standard InChI is InChI=1S/C15H14N4O/c1-11-4-6-17-10-14(11)19-15(20)13-7-12(3-2-5-16)8-18-9-13/h4,6-10H,5,16H2,1H3,(H,19,20). The lowest BCUT2D eigenvalue weighted by molar-refractivity contribution is 0.102. The number of hydrogen-bond acceptors (Lipinski definition) is 4. The first kappa shape index (κ1) is 13.7. The Balaban J connectivity index is 2.19. The van der Waals surface area contributed by atoms with Crippen molar-refractivity contribution in [2.45, 2.75) is 6.92 Å². The largest absolute Gasteiger partial charge is 0.320 e. The summed E-state index contributed by atoms with van der Waals surface area (Å²) in [5.74, 6) is 5.33. The zero-order chi connectivity index (χ0) is 14.4. The lowest BCUT2D eigenvalue weighted by Crippen LogP contribution is -2.13. The van der Waals surface area contributed by atoms with Crippen molar-refractivity contribution in [3.8, 4) is 11.8 Å². The van der Waals surface area contributed by atoms with E-state index in [2.05, 4.69) is 27.1 Å². The smallest absolute Gasteiger partial charge is 0.257 e. The van der Waals surface area contributed by atoms with Gasteiger partial charge in [0, 0.05) is 24.2 Å². The Morgan fingerprint density at radius 1 is 1.35 bits per heavy atom. The van der Waals surface area contributed by atoms with Crippen molar-refractivity contribution in [2.75, 3.05) is 11.9 Å². The SMILES string of the molecule is Cc1ccncc1NC(=O)c1cncc(C#CCN)c1. The maximum atomic E-state index is 12.1. The minimum Gasteiger partial charge on any atom is -0.320 e. The highest BCUT2D eigenvalue weighted by molar-refractivity contribution is 6.04. The molecule has 20 heavy (non-hydrogen) atoms. The van der Waals surface area contributed by atoms with E-state index in [0.717, 1.165) is 5.56 Å². The molecule has 100 valence electrons. The molecule has 0 aliphatic carbocycles. The molecule has 5 heteroatoms. The van der Waals surface area contributed by atoms with Crippen molar-refractivity contribution in [2.24, 2.45) is 5.73 Å². The molecule has 0 saturated carbocycles. The van der Waals surface area contributed by atoms with Crippen LogP contribution in [0.5, 0.6) is 0 Å². The molecule has 0 aromatic carbocycles. The number of nitrogens with one attached hydrogen (secondary N) is 1. The van der Waals surface area contributed by atoms with Gasteiger partial charge in [0.1, 0.15) is 0 Å². The summed E-state index contributed by atoms with van der Waals surface area (Å²) in [6, 6.07) is 3.51. The first-order valence-electron chi connectivity index (χ1n) is 6.06. The topological polar surface area (TPSA) is 80.9 Å². The van der Waals surface area contributed by atoms with Crippen LogP contribution in [0.15, 0.2) is 36.9 Å². The van der Waals surface area contributed by atoms with Gasteiger partial charge in [-0.25, -0.2) is 0 Å². The molecule has 0 bridgehead atoms. The molecule has 2 aromatic heterocycles. The zero-order valence-electron chi connectivity index (χ0n) is 11.1. The van der Waals surface area contributed by atoms with Crippen molar-refractivity contribution < 1.29 is 4.79 Å². The van der Waals surface area contributed by atoms with Crippen LogP contribution in [-0.2, 0) is 0 Å². The highest BCUT2D eigenvalue weighted by Gasteiger charge is 2.08. The molecule has 0 aliphatic rings. The zero-order valence-corrected chi connectivity index (χ0v) is 11.1. The van der Waals surface area contributed by atoms with Gasteiger partial charge in [-0.3, -0.25) is 14.8 Å². The number of rotatable bonds is 2. The summed E-state index contributed by atoms with van der Waals surface area (Å²) < 4.78 is 0. The summed E-state index contributed by atoms with van der Waals surface area (Å²) in [4.78, 5) is 20.1. The van der Waals surface area contributed by atoms with E-state index < -0.39 is 0 Å². The van der Waals surface area contributed by atoms with Crippen molar-refractivity contribution in [1.29, 1.82) is 0 Å². The number of pyridine rings is 2. The fourth-order valence-electron chi connectivity index (χ4n) is 1.57. The van der Waals surface area contributed by atoms with Gasteiger partial charge >= 0.3 is 0 Å². The van der Waals surface area contributed by atoms with Crippen LogP contribution in [0, 0.1) is 18.8 Å². The Hall–Kier alpha value is -2.71. The number of carbonyl (C=O) groups is 1. The maximum Gasteiger partial charge on any atom is 0.257 e. The molecule has 1 amide bonds. The molecule has 2 rings (SSSR count). The second-order valence-corrected chi connectivity index (χ2v) is 4.11. The third kappa shape index (κ3) is 3.40. The molecule has 0 radical (unpaired) electrons. The van der Waals surface area contributed by atoms with E-state index in [9.17, 15) is 4.79 Å². The van der Waals surface area contributed by atoms with E-state index in [-0.39, 0.29) is 12.5 Å². The van der Waals surface area contributed by atoms with Crippen molar-refractivity contribution >= 4 is 11.6 Å². The lowest BCUT2D eigenvalue weighted by Gasteiger charge is -2.07. The predicted molar refractivity (Wildman–Crippen MR) is 77.1 cm³/mol. The second-order valence-electron chi connectivity index (χ2n) is 4.11. The minimum atomic E-state index is -0.245. The van der Waals surface area contributed by atoms with Crippen molar-refractivity contribution in [1.82, 2.24) is 9.97 Å². The Morgan fingerprint density at radius 3 is 2.95 bits per heavy atom. The van der Waals surface area contributed by atoms with Gasteiger partial charge in [0.05, 0.1) is 24.0 Å². The number of anilines is 1. The normalized spacial score (nSPS) is 9.50. The van der Waals surface area contributed by atoms with Gasteiger partial charge < -0.3 is 11.1 Å². The van der Waals surface area contributed by atoms with E-state index >= 15 is 0 Å². The van der Waals surface area contributed by atoms with E-state index in [1.165, 1.54) is 6.20 Å². The molecule has 2 heterocycles. The van der Waals surface area contributed by atoms with Crippen LogP contribution in [0.25, 0.3) is 0 Å². The average Bonchev–Trinajstić information content (AvgIpc) is 2.48. The second kappa shape index (κ2) is 6.45. The first-order chi connectivity index (χ1) is 9.70. The number of nitrogens with zero attached hydrogens (tertiary/aromatic N) is 2. The molecule has 0 unspecified atom stereocenters. The molecule has 0 atom stereocenters. The molecular weight excluding hydrogens is 252 g/mol. The summed E-state index contributed by atoms with van der Waals surface area (Å²) in [7, 11) is 0. The van der Waals surface area contributed by atoms with Gasteiger partial charge in [0.2, 0.25) is 0 Å². The predicted octanol–water partition coefficient (Wildman–Crippen LogP) is 1.35. The van der Waals surface area contributed by atoms with Crippen LogP contribution in [0.4, 0.5) is 5.69 Å². The lowest BCUT2D eigenvalue weighted by atomic mass is 10.2. The number of aryl methyl sites for hydroxylation is 1. The number of aromatic nitrogens is 2. The third-order valence-electron chi connectivity index (χ3n) is 2.62. The van der Waals surface area contributed by atoms with Crippen LogP contribution < -0.4 is 11.1 Å². The molecule has 2 aromatic rings. The first-order valence-corrected chi connectivity index (χ1v) is 6.06. The maximum absolute atomic E-state index is 12.1. The Morgan fingerprint density at radius 2 is 2.20 bits per heavy atom. The monoisotopic (exact) mass is 266 g/mol. The molecule has 0 fully saturated rings. The third-order valence-corrected chi connectivity index (χ3v) is 2.62. The Kier molecular flexibility index (Phi) is 4.43. The van der Waals surface area contributed by atoms with Crippen LogP contribution >= 0.6 is 0 Å². The Bertz CT molecular complexity index is 686. The quantitative estimate of drug-likeness (QED) is 0.804. The number of hydrogen-bond donors (Lipinski definition) is 2. The summed E-state index contributed by atoms with van der Waals surface area (Å²) in [6.45, 7) is 2.17. The summed E-state index contributed by atoms with van der Waals surface area (Å²) in [6.07, 6.45) is 6.37. The molecule has 0 aliphatic heterocycles. The van der Waals surface area contributed by atoms with Crippen LogP contribution in [0.2, 0.25) is 0 Å². The number of amides is 1. The fraction of sp³-hybridized carbons (Fsp3) is 0.133. The average molecular weight is 266 g/mol. The van der Waals surface area contributed by atoms with Crippen LogP contribution in [0.1, 0.15) is 21.5 Å². The summed E-state index contributed by atoms with van der Waals surface area (Å²) in [5, 5.41) is 2.80. The fourth-order valence-corrected chi connectivity index (χ4v) is 1.57. The summed E-state index contributed by atoms with van der Waals surface area (Å²) >= 11 is 0. The van der Waals surface area contributed by atoms with Crippen LogP contribution in [-0.4, -0.2) is 22.4 Å². The molecule has 0 saturated heterocycles. The summed E-state index contributed by atoms with van der Waals surface area (Å²) in [5.41, 5.74) is 8.03. The number of nitrogens with two attached hydrogens (primary N) is 1. The van der Waals surface area contributed by atoms with Gasteiger partial charge in [-0.15, -0.1) is 0 Å². The van der Waals surface area contributed by atoms with Gasteiger partial charge in [0.25, 0.3) is 5.91 Å². The highest BCUT2D eigenvalue weighted by Crippen LogP contribution is 2.13. The van der Waals surface area contributed by atoms with Gasteiger partial charge in [0.15, 0.2) is 0 Å². The van der Waals surface area contributed by atoms with Gasteiger partial charge in [-0.05, 0) is 24.6 Å². The van der Waals surface area contributed by atoms with Crippen molar-refractivity contribution in [3.63, 3.8) is 0 Å². The molecule has 0 spiro atoms. The highest BCUT2D eigenvalue weighted by atomic mass is 16.1. The Labute approximate surface area is 117 Å². The number of carbonyl (C=O) groups excluding carboxylic acids is 1. The van der Waals surface area contributed by atoms with E-state index in [1.54, 1.807) is 24.7 Å². The van der Waals surface area contributed by atoms with E-state index in [4.69, 9.17) is 5.73 Å². The van der Waals surface area contributed by atoms with Crippen molar-refractivity contribution in [3.05, 3.63) is 53.6 Å². The minimum absolute atomic E-state index is 0.245.